The van der Waals surface area contributed by atoms with Gasteiger partial charge < -0.3 is 14.5 Å². The number of benzene rings is 10. The van der Waals surface area contributed by atoms with Crippen molar-refractivity contribution in [3.63, 3.8) is 0 Å². The third kappa shape index (κ3) is 7.54. The van der Waals surface area contributed by atoms with Crippen LogP contribution < -0.4 is 14.5 Å². The van der Waals surface area contributed by atoms with Crippen molar-refractivity contribution in [2.24, 2.45) is 0 Å². The first kappa shape index (κ1) is 46.0. The number of para-hydroxylation sites is 4. The van der Waals surface area contributed by atoms with Crippen molar-refractivity contribution in [2.75, 3.05) is 16.5 Å². The molecule has 2 aromatic heterocycles. The monoisotopic (exact) mass is 996 g/mol. The maximum absolute atomic E-state index is 15.6. The molecule has 1 unspecified atom stereocenters. The Balaban J connectivity index is 0.996. The van der Waals surface area contributed by atoms with E-state index >= 15 is 4.39 Å². The first-order valence-electron chi connectivity index (χ1n) is 26.4. The zero-order valence-electron chi connectivity index (χ0n) is 43.0. The molecule has 0 saturated carbocycles. The maximum Gasteiger partial charge on any atom is 0.137 e. The Morgan fingerprint density at radius 3 is 1.83 bits per heavy atom. The molecule has 10 aromatic carbocycles. The predicted molar refractivity (Wildman–Crippen MR) is 314 cm³/mol. The van der Waals surface area contributed by atoms with Crippen LogP contribution in [0.5, 0.6) is 11.5 Å². The average Bonchev–Trinajstić information content (AvgIpc) is 4.24. The van der Waals surface area contributed by atoms with Crippen LogP contribution in [0.2, 0.25) is 0 Å². The number of halogens is 1. The van der Waals surface area contributed by atoms with E-state index in [1.54, 1.807) is 12.1 Å². The summed E-state index contributed by atoms with van der Waals surface area (Å²) in [5.74, 6) is 1.94. The van der Waals surface area contributed by atoms with Crippen molar-refractivity contribution >= 4 is 44.6 Å². The number of fused-ring (bicyclic) bond motifs is 7. The van der Waals surface area contributed by atoms with Crippen molar-refractivity contribution in [2.45, 2.75) is 31.6 Å². The van der Waals surface area contributed by atoms with Gasteiger partial charge in [-0.2, -0.15) is 0 Å². The van der Waals surface area contributed by atoms with Gasteiger partial charge in [-0.15, -0.1) is 0 Å². The van der Waals surface area contributed by atoms with Crippen LogP contribution >= 0.6 is 0 Å². The highest BCUT2D eigenvalue weighted by Gasteiger charge is 2.47. The van der Waals surface area contributed by atoms with Crippen molar-refractivity contribution in [3.05, 3.63) is 289 Å². The number of nitrogens with zero attached hydrogens (tertiary/aromatic N) is 4. The van der Waals surface area contributed by atoms with Crippen LogP contribution in [0.15, 0.2) is 255 Å². The lowest BCUT2D eigenvalue weighted by atomic mass is 9.67. The van der Waals surface area contributed by atoms with Crippen molar-refractivity contribution in [1.29, 1.82) is 0 Å². The van der Waals surface area contributed by atoms with E-state index in [1.165, 1.54) is 5.56 Å². The van der Waals surface area contributed by atoms with E-state index in [-0.39, 0.29) is 11.2 Å². The molecule has 77 heavy (non-hydrogen) atoms. The molecule has 0 saturated heterocycles. The Morgan fingerprint density at radius 1 is 0.468 bits per heavy atom. The quantitative estimate of drug-likeness (QED) is 0.144. The van der Waals surface area contributed by atoms with Gasteiger partial charge in [-0.1, -0.05) is 191 Å². The minimum Gasteiger partial charge on any atom is -0.457 e. The first-order valence-corrected chi connectivity index (χ1v) is 26.4. The molecule has 3 heterocycles. The zero-order chi connectivity index (χ0) is 51.8. The Kier molecular flexibility index (Phi) is 10.8. The molecule has 2 aliphatic rings. The van der Waals surface area contributed by atoms with Gasteiger partial charge in [0.1, 0.15) is 29.8 Å². The SMILES string of the molecule is CC(C)(C)c1ccnc(-n2c3ccccc3c3ccc(Oc4cc(N5CN(c6c(-c7ccccc7)cccc6-c6ccccc6)c6ccccc65)cc(C5(c6ccccc6)c6ccccc6-c6cc(F)ccc65)c4)cc32)c1. The molecule has 370 valence electrons. The Morgan fingerprint density at radius 2 is 1.09 bits per heavy atom. The van der Waals surface area contributed by atoms with Gasteiger partial charge in [0.25, 0.3) is 0 Å². The summed E-state index contributed by atoms with van der Waals surface area (Å²) in [4.78, 5) is 9.87. The molecule has 1 aliphatic heterocycles. The lowest BCUT2D eigenvalue weighted by molar-refractivity contribution is 0.482. The summed E-state index contributed by atoms with van der Waals surface area (Å²) in [5.41, 5.74) is 17.2. The van der Waals surface area contributed by atoms with Crippen LogP contribution in [0.1, 0.15) is 48.6 Å². The zero-order valence-corrected chi connectivity index (χ0v) is 43.0. The summed E-state index contributed by atoms with van der Waals surface area (Å²) >= 11 is 0. The predicted octanol–water partition coefficient (Wildman–Crippen LogP) is 18.4. The maximum atomic E-state index is 15.6. The van der Waals surface area contributed by atoms with Crippen LogP contribution in [0.4, 0.5) is 27.1 Å². The van der Waals surface area contributed by atoms with Crippen LogP contribution in [0, 0.1) is 5.82 Å². The molecule has 1 atom stereocenters. The highest BCUT2D eigenvalue weighted by molar-refractivity contribution is 6.09. The molecule has 6 heteroatoms. The number of hydrogen-bond acceptors (Lipinski definition) is 4. The molecule has 1 aliphatic carbocycles. The molecule has 0 spiro atoms. The Labute approximate surface area is 448 Å². The third-order valence-electron chi connectivity index (χ3n) is 15.8. The number of rotatable bonds is 9. The molecule has 0 amide bonds. The lowest BCUT2D eigenvalue weighted by Crippen LogP contribution is -2.29. The summed E-state index contributed by atoms with van der Waals surface area (Å²) in [6.07, 6.45) is 1.92. The van der Waals surface area contributed by atoms with Crippen LogP contribution in [0.3, 0.4) is 0 Å². The second-order valence-corrected chi connectivity index (χ2v) is 21.3. The third-order valence-corrected chi connectivity index (χ3v) is 15.8. The van der Waals surface area contributed by atoms with E-state index < -0.39 is 5.41 Å². The average molecular weight is 997 g/mol. The minimum absolute atomic E-state index is 0.0680. The lowest BCUT2D eigenvalue weighted by Gasteiger charge is -2.35. The Bertz CT molecular complexity index is 4180. The molecule has 0 radical (unpaired) electrons. The number of aromatic nitrogens is 2. The Hall–Kier alpha value is -9.52. The highest BCUT2D eigenvalue weighted by Crippen LogP contribution is 2.58. The number of hydrogen-bond donors (Lipinski definition) is 0. The number of pyridine rings is 1. The van der Waals surface area contributed by atoms with Crippen molar-refractivity contribution in [3.8, 4) is 50.7 Å². The minimum atomic E-state index is -0.853. The van der Waals surface area contributed by atoms with Gasteiger partial charge in [0.2, 0.25) is 0 Å². The summed E-state index contributed by atoms with van der Waals surface area (Å²) in [6, 6.07) is 87.2. The van der Waals surface area contributed by atoms with Crippen LogP contribution in [-0.4, -0.2) is 16.2 Å². The van der Waals surface area contributed by atoms with Gasteiger partial charge in [-0.05, 0) is 122 Å². The van der Waals surface area contributed by atoms with Crippen LogP contribution in [-0.2, 0) is 10.8 Å². The summed E-state index contributed by atoms with van der Waals surface area (Å²) in [5, 5.41) is 2.25. The highest BCUT2D eigenvalue weighted by atomic mass is 19.1. The van der Waals surface area contributed by atoms with E-state index in [2.05, 4.69) is 266 Å². The molecule has 0 N–H and O–H groups in total. The van der Waals surface area contributed by atoms with E-state index in [4.69, 9.17) is 9.72 Å². The van der Waals surface area contributed by atoms with E-state index in [1.807, 2.05) is 12.3 Å². The van der Waals surface area contributed by atoms with Crippen molar-refractivity contribution < 1.29 is 9.13 Å². The van der Waals surface area contributed by atoms with E-state index in [0.29, 0.717) is 18.2 Å². The fourth-order valence-corrected chi connectivity index (χ4v) is 12.3. The van der Waals surface area contributed by atoms with Crippen molar-refractivity contribution in [1.82, 2.24) is 9.55 Å². The molecule has 0 bridgehead atoms. The van der Waals surface area contributed by atoms with Gasteiger partial charge in [0.15, 0.2) is 0 Å². The largest absolute Gasteiger partial charge is 0.457 e. The molecule has 14 rings (SSSR count). The van der Waals surface area contributed by atoms with E-state index in [0.717, 1.165) is 106 Å². The fourth-order valence-electron chi connectivity index (χ4n) is 12.3. The second kappa shape index (κ2) is 18.1. The summed E-state index contributed by atoms with van der Waals surface area (Å²) < 4.78 is 25.2. The molecule has 5 nitrogen and oxygen atoms in total. The molecule has 0 fully saturated rings. The molecular weight excluding hydrogens is 944 g/mol. The first-order chi connectivity index (χ1) is 37.7. The topological polar surface area (TPSA) is 33.5 Å². The second-order valence-electron chi connectivity index (χ2n) is 21.3. The van der Waals surface area contributed by atoms with Gasteiger partial charge >= 0.3 is 0 Å². The molecular formula is C71H53FN4O. The number of anilines is 4. The normalized spacial score (nSPS) is 14.7. The standard InChI is InChI=1S/C71H53FN4O/c1-70(2,3)50-38-39-73-68(42-50)76-64-31-16-14-27-59(64)60-36-35-54(45-67(60)76)77-55-41-51(71(49-24-11-6-12-25-49)62-30-15-13-26-58(62)61-43-52(72)34-37-63(61)71)40-53(44-55)74-46-75(66-33-18-17-32-65(66)74)69-56(47-20-7-4-8-21-47)28-19-29-57(69)48-22-9-5-10-23-48/h4-45H,46H2,1-3H3. The van der Waals surface area contributed by atoms with E-state index in [9.17, 15) is 0 Å². The fraction of sp³-hybridized carbons (Fsp3) is 0.0845. The van der Waals surface area contributed by atoms with Gasteiger partial charge in [0, 0.05) is 45.9 Å². The number of ether oxygens (including phenoxy) is 1. The van der Waals surface area contributed by atoms with Gasteiger partial charge in [0.05, 0.1) is 33.5 Å². The van der Waals surface area contributed by atoms with Gasteiger partial charge in [-0.25, -0.2) is 9.37 Å². The molecule has 12 aromatic rings. The summed E-state index contributed by atoms with van der Waals surface area (Å²) in [6.45, 7) is 7.22. The van der Waals surface area contributed by atoms with Gasteiger partial charge in [-0.3, -0.25) is 4.57 Å². The smallest absolute Gasteiger partial charge is 0.137 e. The van der Waals surface area contributed by atoms with Crippen LogP contribution in [0.25, 0.3) is 61.0 Å². The summed E-state index contributed by atoms with van der Waals surface area (Å²) in [7, 11) is 0.